The molecule has 1 aromatic heterocycles. The highest BCUT2D eigenvalue weighted by atomic mass is 32.2. The van der Waals surface area contributed by atoms with E-state index in [1.54, 1.807) is 23.6 Å². The molecule has 2 aromatic rings. The van der Waals surface area contributed by atoms with Gasteiger partial charge in [-0.1, -0.05) is 50.1 Å². The molecule has 0 aliphatic rings. The zero-order valence-corrected chi connectivity index (χ0v) is 16.7. The summed E-state index contributed by atoms with van der Waals surface area (Å²) in [5, 5.41) is 2.57. The lowest BCUT2D eigenvalue weighted by atomic mass is 10.2. The van der Waals surface area contributed by atoms with Crippen LogP contribution in [0, 0.1) is 0 Å². The molecule has 1 atom stereocenters. The van der Waals surface area contributed by atoms with E-state index in [2.05, 4.69) is 22.0 Å². The minimum atomic E-state index is -0.809. The Morgan fingerprint density at radius 3 is 2.70 bits per heavy atom. The molecule has 0 radical (unpaired) electrons. The number of benzene rings is 1. The number of ether oxygens (including phenoxy) is 1. The van der Waals surface area contributed by atoms with Gasteiger partial charge in [-0.2, -0.15) is 0 Å². The first-order valence-corrected chi connectivity index (χ1v) is 9.91. The molecule has 1 heterocycles. The fourth-order valence-electron chi connectivity index (χ4n) is 2.60. The van der Waals surface area contributed by atoms with E-state index < -0.39 is 17.3 Å². The monoisotopic (exact) mass is 391 g/mol. The Morgan fingerprint density at radius 1 is 1.26 bits per heavy atom. The van der Waals surface area contributed by atoms with E-state index >= 15 is 0 Å². The lowest BCUT2D eigenvalue weighted by Gasteiger charge is -2.16. The Morgan fingerprint density at radius 2 is 2.00 bits per heavy atom. The number of carbonyl (C=O) groups excluding carboxylic acids is 2. The average Bonchev–Trinajstić information content (AvgIpc) is 2.67. The standard InChI is InChI=1S/C19H25N3O4S/c1-4-5-6-9-12-22-17(24)14-10-7-8-11-15(14)20-18(22)27-13(2)16(23)21-19(25)26-3/h7-8,10-11,13H,4-6,9,12H2,1-3H3,(H,21,23,25)/t13-/m1/s1. The van der Waals surface area contributed by atoms with Crippen LogP contribution in [0.5, 0.6) is 0 Å². The molecule has 8 heteroatoms. The maximum absolute atomic E-state index is 12.9. The number of carbonyl (C=O) groups is 2. The van der Waals surface area contributed by atoms with E-state index in [9.17, 15) is 14.4 Å². The van der Waals surface area contributed by atoms with Gasteiger partial charge in [-0.3, -0.25) is 19.5 Å². The first-order valence-electron chi connectivity index (χ1n) is 9.03. The second kappa shape index (κ2) is 10.1. The van der Waals surface area contributed by atoms with Crippen molar-refractivity contribution in [2.75, 3.05) is 7.11 Å². The summed E-state index contributed by atoms with van der Waals surface area (Å²) in [5.41, 5.74) is 0.482. The molecule has 0 aliphatic carbocycles. The second-order valence-corrected chi connectivity index (χ2v) is 7.48. The first-order chi connectivity index (χ1) is 13.0. The minimum Gasteiger partial charge on any atom is -0.453 e. The number of amides is 2. The maximum Gasteiger partial charge on any atom is 0.413 e. The molecule has 2 rings (SSSR count). The van der Waals surface area contributed by atoms with Gasteiger partial charge in [-0.05, 0) is 25.5 Å². The summed E-state index contributed by atoms with van der Waals surface area (Å²) >= 11 is 1.16. The van der Waals surface area contributed by atoms with Crippen molar-refractivity contribution in [2.45, 2.75) is 56.5 Å². The van der Waals surface area contributed by atoms with Crippen LogP contribution in [0.1, 0.15) is 39.5 Å². The second-order valence-electron chi connectivity index (χ2n) is 6.17. The van der Waals surface area contributed by atoms with Gasteiger partial charge in [0.05, 0.1) is 23.3 Å². The molecule has 1 aromatic carbocycles. The fraction of sp³-hybridized carbons (Fsp3) is 0.474. The number of alkyl carbamates (subject to hydrolysis) is 1. The predicted molar refractivity (Wildman–Crippen MR) is 106 cm³/mol. The normalized spacial score (nSPS) is 12.0. The van der Waals surface area contributed by atoms with Crippen LogP contribution in [-0.4, -0.2) is 33.9 Å². The van der Waals surface area contributed by atoms with Gasteiger partial charge in [0.1, 0.15) is 0 Å². The van der Waals surface area contributed by atoms with Crippen LogP contribution < -0.4 is 10.9 Å². The van der Waals surface area contributed by atoms with E-state index in [1.165, 1.54) is 7.11 Å². The van der Waals surface area contributed by atoms with Crippen molar-refractivity contribution in [3.63, 3.8) is 0 Å². The Kier molecular flexibility index (Phi) is 7.84. The number of hydrogen-bond donors (Lipinski definition) is 1. The lowest BCUT2D eigenvalue weighted by Crippen LogP contribution is -2.36. The quantitative estimate of drug-likeness (QED) is 0.422. The van der Waals surface area contributed by atoms with Crippen molar-refractivity contribution < 1.29 is 14.3 Å². The van der Waals surface area contributed by atoms with E-state index in [-0.39, 0.29) is 5.56 Å². The predicted octanol–water partition coefficient (Wildman–Crippen LogP) is 3.34. The average molecular weight is 391 g/mol. The van der Waals surface area contributed by atoms with Crippen molar-refractivity contribution in [1.29, 1.82) is 0 Å². The number of thioether (sulfide) groups is 1. The van der Waals surface area contributed by atoms with Gasteiger partial charge >= 0.3 is 6.09 Å². The van der Waals surface area contributed by atoms with Crippen molar-refractivity contribution in [1.82, 2.24) is 14.9 Å². The van der Waals surface area contributed by atoms with Gasteiger partial charge in [0.15, 0.2) is 5.16 Å². The van der Waals surface area contributed by atoms with Crippen molar-refractivity contribution in [2.24, 2.45) is 0 Å². The van der Waals surface area contributed by atoms with E-state index in [0.29, 0.717) is 22.6 Å². The van der Waals surface area contributed by atoms with Crippen molar-refractivity contribution >= 4 is 34.7 Å². The van der Waals surface area contributed by atoms with Gasteiger partial charge in [0, 0.05) is 6.54 Å². The number of fused-ring (bicyclic) bond motifs is 1. The summed E-state index contributed by atoms with van der Waals surface area (Å²) in [7, 11) is 1.19. The van der Waals surface area contributed by atoms with Crippen LogP contribution in [0.2, 0.25) is 0 Å². The number of aromatic nitrogens is 2. The molecule has 0 saturated heterocycles. The molecule has 0 aliphatic heterocycles. The highest BCUT2D eigenvalue weighted by Gasteiger charge is 2.21. The third-order valence-corrected chi connectivity index (χ3v) is 5.21. The number of methoxy groups -OCH3 is 1. The van der Waals surface area contributed by atoms with E-state index in [4.69, 9.17) is 0 Å². The molecular formula is C19H25N3O4S. The summed E-state index contributed by atoms with van der Waals surface area (Å²) in [6.07, 6.45) is 3.30. The third-order valence-electron chi connectivity index (χ3n) is 4.12. The number of hydrogen-bond acceptors (Lipinski definition) is 6. The Bertz CT molecular complexity index is 866. The van der Waals surface area contributed by atoms with Gasteiger partial charge in [0.25, 0.3) is 5.56 Å². The number of imide groups is 1. The minimum absolute atomic E-state index is 0.111. The van der Waals surface area contributed by atoms with Crippen molar-refractivity contribution in [3.05, 3.63) is 34.6 Å². The van der Waals surface area contributed by atoms with Gasteiger partial charge < -0.3 is 4.74 Å². The molecule has 0 fully saturated rings. The van der Waals surface area contributed by atoms with Crippen LogP contribution in [0.4, 0.5) is 4.79 Å². The molecule has 0 unspecified atom stereocenters. The molecule has 0 bridgehead atoms. The van der Waals surface area contributed by atoms with Crippen LogP contribution >= 0.6 is 11.8 Å². The largest absolute Gasteiger partial charge is 0.453 e. The summed E-state index contributed by atoms with van der Waals surface area (Å²) in [5.74, 6) is -0.494. The fourth-order valence-corrected chi connectivity index (χ4v) is 3.53. The molecule has 27 heavy (non-hydrogen) atoms. The number of para-hydroxylation sites is 1. The van der Waals surface area contributed by atoms with Crippen LogP contribution in [0.3, 0.4) is 0 Å². The number of rotatable bonds is 8. The zero-order chi connectivity index (χ0) is 19.8. The molecule has 146 valence electrons. The van der Waals surface area contributed by atoms with Gasteiger partial charge in [0.2, 0.25) is 5.91 Å². The Labute approximate surface area is 162 Å². The van der Waals surface area contributed by atoms with Crippen LogP contribution in [-0.2, 0) is 16.1 Å². The third kappa shape index (κ3) is 5.56. The summed E-state index contributed by atoms with van der Waals surface area (Å²) in [6, 6.07) is 7.17. The lowest BCUT2D eigenvalue weighted by molar-refractivity contribution is -0.119. The number of nitrogens with zero attached hydrogens (tertiary/aromatic N) is 2. The smallest absolute Gasteiger partial charge is 0.413 e. The molecular weight excluding hydrogens is 366 g/mol. The Balaban J connectivity index is 2.30. The van der Waals surface area contributed by atoms with Crippen molar-refractivity contribution in [3.8, 4) is 0 Å². The summed E-state index contributed by atoms with van der Waals surface area (Å²) in [4.78, 5) is 40.9. The summed E-state index contributed by atoms with van der Waals surface area (Å²) in [6.45, 7) is 4.34. The summed E-state index contributed by atoms with van der Waals surface area (Å²) < 4.78 is 6.08. The molecule has 0 saturated carbocycles. The maximum atomic E-state index is 12.9. The zero-order valence-electron chi connectivity index (χ0n) is 15.9. The van der Waals surface area contributed by atoms with Crippen LogP contribution in [0.15, 0.2) is 34.2 Å². The molecule has 1 N–H and O–H groups in total. The highest BCUT2D eigenvalue weighted by molar-refractivity contribution is 8.00. The number of unbranched alkanes of at least 4 members (excludes halogenated alkanes) is 3. The van der Waals surface area contributed by atoms with E-state index in [1.807, 2.05) is 12.1 Å². The SMILES string of the molecule is CCCCCCn1c(S[C@H](C)C(=O)NC(=O)OC)nc2ccccc2c1=O. The Hall–Kier alpha value is -2.35. The highest BCUT2D eigenvalue weighted by Crippen LogP contribution is 2.23. The van der Waals surface area contributed by atoms with Gasteiger partial charge in [-0.25, -0.2) is 9.78 Å². The molecule has 0 spiro atoms. The topological polar surface area (TPSA) is 90.3 Å². The van der Waals surface area contributed by atoms with Gasteiger partial charge in [-0.15, -0.1) is 0 Å². The number of nitrogens with one attached hydrogen (secondary N) is 1. The van der Waals surface area contributed by atoms with E-state index in [0.717, 1.165) is 37.4 Å². The molecule has 2 amide bonds. The van der Waals surface area contributed by atoms with Crippen LogP contribution in [0.25, 0.3) is 10.9 Å². The molecule has 7 nitrogen and oxygen atoms in total. The first kappa shape index (κ1) is 21.0.